The molecule has 2 aromatic carbocycles. The molecule has 55 heavy (non-hydrogen) atoms. The van der Waals surface area contributed by atoms with Gasteiger partial charge in [-0.2, -0.15) is 0 Å². The largest absolute Gasteiger partial charge is 0.462 e. The van der Waals surface area contributed by atoms with Crippen LogP contribution in [-0.2, 0) is 14.3 Å². The lowest BCUT2D eigenvalue weighted by atomic mass is 9.47. The van der Waals surface area contributed by atoms with Gasteiger partial charge in [0.15, 0.2) is 0 Å². The number of ether oxygens (including phenoxy) is 2. The smallest absolute Gasteiger partial charge is 0.338 e. The van der Waals surface area contributed by atoms with E-state index in [1.165, 1.54) is 56.9 Å². The van der Waals surface area contributed by atoms with Crippen molar-refractivity contribution in [2.75, 3.05) is 6.61 Å². The zero-order valence-corrected chi connectivity index (χ0v) is 35.1. The van der Waals surface area contributed by atoms with Gasteiger partial charge < -0.3 is 9.47 Å². The fraction of sp³-hybridized carbons (Fsp3) is 0.660. The summed E-state index contributed by atoms with van der Waals surface area (Å²) >= 11 is 0. The summed E-state index contributed by atoms with van der Waals surface area (Å²) in [5, 5.41) is 0. The molecule has 0 amide bonds. The third kappa shape index (κ3) is 10.2. The van der Waals surface area contributed by atoms with Gasteiger partial charge in [0, 0.05) is 19.1 Å². The van der Waals surface area contributed by atoms with Crippen molar-refractivity contribution in [3.05, 3.63) is 76.9 Å². The molecule has 3 fully saturated rings. The quantitative estimate of drug-likeness (QED) is 0.0699. The van der Waals surface area contributed by atoms with Crippen LogP contribution in [0.25, 0.3) is 0 Å². The first kappa shape index (κ1) is 41.4. The highest BCUT2D eigenvalue weighted by molar-refractivity contribution is 5.91. The van der Waals surface area contributed by atoms with Crippen LogP contribution in [0, 0.1) is 53.3 Å². The van der Waals surface area contributed by atoms with E-state index in [9.17, 15) is 9.59 Å². The molecule has 4 aliphatic carbocycles. The molecule has 0 heterocycles. The Bertz CT molecular complexity index is 1620. The van der Waals surface area contributed by atoms with E-state index in [0.29, 0.717) is 24.0 Å². The minimum absolute atomic E-state index is 0.0304. The summed E-state index contributed by atoms with van der Waals surface area (Å²) in [6, 6.07) is 15.4. The number of rotatable bonds is 17. The van der Waals surface area contributed by atoms with Crippen LogP contribution in [0.4, 0.5) is 5.69 Å². The SMILES string of the molecule is Cc1ccc(N=Cc2ccc(C(=O)OCCCCCCCC(=O)O[C@H]3CC[C@@]4(C)C(=CC[C@H]5[C@@H]6CC[C@H]([C@H](C)CCCC(C)C)[C@@]6(C)CC[C@@H]54)C3)cc2)cc1. The monoisotopic (exact) mass is 750 g/mol. The molecule has 300 valence electrons. The maximum absolute atomic E-state index is 12.9. The van der Waals surface area contributed by atoms with Gasteiger partial charge in [-0.15, -0.1) is 0 Å². The van der Waals surface area contributed by atoms with E-state index in [4.69, 9.17) is 9.47 Å². The molecule has 6 rings (SSSR count). The standard InChI is InChI=1S/C50H71NO4/c1-35(2)13-12-14-37(4)44-26-27-45-43-25-22-40-33-42(28-30-49(40,5)46(43)29-31-50(44,45)6)55-47(52)15-10-8-7-9-11-32-54-48(53)39-20-18-38(19-21-39)34-51-41-23-16-36(3)17-24-41/h16-24,34-35,37,42-46H,7-15,25-33H2,1-6H3/t37-,42+,43+,44-,45+,46+,49+,50-/m1/s1. The molecule has 0 unspecified atom stereocenters. The van der Waals surface area contributed by atoms with Gasteiger partial charge in [0.1, 0.15) is 6.10 Å². The highest BCUT2D eigenvalue weighted by Crippen LogP contribution is 2.67. The summed E-state index contributed by atoms with van der Waals surface area (Å²) in [6.45, 7) is 15.0. The molecule has 0 N–H and O–H groups in total. The number of carbonyl (C=O) groups is 2. The number of allylic oxidation sites excluding steroid dienone is 1. The summed E-state index contributed by atoms with van der Waals surface area (Å²) < 4.78 is 11.6. The predicted octanol–water partition coefficient (Wildman–Crippen LogP) is 13.2. The number of hydrogen-bond acceptors (Lipinski definition) is 5. The molecule has 0 bridgehead atoms. The van der Waals surface area contributed by atoms with E-state index < -0.39 is 0 Å². The Kier molecular flexibility index (Phi) is 14.2. The zero-order valence-electron chi connectivity index (χ0n) is 35.1. The second kappa shape index (κ2) is 18.8. The molecular weight excluding hydrogens is 679 g/mol. The average molecular weight is 750 g/mol. The van der Waals surface area contributed by atoms with E-state index in [1.807, 2.05) is 36.4 Å². The fourth-order valence-electron chi connectivity index (χ4n) is 11.6. The lowest BCUT2D eigenvalue weighted by Gasteiger charge is -2.58. The summed E-state index contributed by atoms with van der Waals surface area (Å²) in [7, 11) is 0. The first-order valence-electron chi connectivity index (χ1n) is 22.2. The van der Waals surface area contributed by atoms with Crippen LogP contribution in [0.15, 0.2) is 65.2 Å². The highest BCUT2D eigenvalue weighted by atomic mass is 16.5. The van der Waals surface area contributed by atoms with Gasteiger partial charge >= 0.3 is 11.9 Å². The van der Waals surface area contributed by atoms with Crippen LogP contribution in [0.2, 0.25) is 0 Å². The topological polar surface area (TPSA) is 65.0 Å². The lowest BCUT2D eigenvalue weighted by Crippen LogP contribution is -2.51. The summed E-state index contributed by atoms with van der Waals surface area (Å²) in [5.74, 6) is 4.75. The van der Waals surface area contributed by atoms with Crippen LogP contribution >= 0.6 is 0 Å². The van der Waals surface area contributed by atoms with Gasteiger partial charge in [-0.25, -0.2) is 4.79 Å². The lowest BCUT2D eigenvalue weighted by molar-refractivity contribution is -0.151. The fourth-order valence-corrected chi connectivity index (χ4v) is 11.6. The Labute approximate surface area is 333 Å². The number of aliphatic imine (C=N–C) groups is 1. The minimum Gasteiger partial charge on any atom is -0.462 e. The van der Waals surface area contributed by atoms with Crippen molar-refractivity contribution in [2.24, 2.45) is 51.3 Å². The third-order valence-corrected chi connectivity index (χ3v) is 14.9. The number of aryl methyl sites for hydroxylation is 1. The Morgan fingerprint density at radius 1 is 0.836 bits per heavy atom. The molecule has 8 atom stereocenters. The van der Waals surface area contributed by atoms with Crippen molar-refractivity contribution in [1.82, 2.24) is 0 Å². The number of nitrogens with zero attached hydrogens (tertiary/aromatic N) is 1. The van der Waals surface area contributed by atoms with E-state index in [2.05, 4.69) is 52.6 Å². The Morgan fingerprint density at radius 3 is 2.35 bits per heavy atom. The average Bonchev–Trinajstić information content (AvgIpc) is 3.53. The van der Waals surface area contributed by atoms with Crippen molar-refractivity contribution >= 4 is 23.8 Å². The molecule has 4 aliphatic rings. The van der Waals surface area contributed by atoms with Crippen LogP contribution < -0.4 is 0 Å². The molecule has 3 saturated carbocycles. The van der Waals surface area contributed by atoms with Gasteiger partial charge in [-0.05, 0) is 141 Å². The van der Waals surface area contributed by atoms with Crippen molar-refractivity contribution in [1.29, 1.82) is 0 Å². The van der Waals surface area contributed by atoms with E-state index in [-0.39, 0.29) is 23.5 Å². The van der Waals surface area contributed by atoms with Gasteiger partial charge in [-0.1, -0.05) is 115 Å². The molecule has 0 saturated heterocycles. The summed E-state index contributed by atoms with van der Waals surface area (Å²) in [5.41, 5.74) is 5.99. The van der Waals surface area contributed by atoms with Crippen molar-refractivity contribution < 1.29 is 19.1 Å². The third-order valence-electron chi connectivity index (χ3n) is 14.9. The van der Waals surface area contributed by atoms with Crippen LogP contribution in [-0.4, -0.2) is 30.9 Å². The normalized spacial score (nSPS) is 29.3. The number of fused-ring (bicyclic) bond motifs is 5. The summed E-state index contributed by atoms with van der Waals surface area (Å²) in [6.07, 6.45) is 23.8. The Morgan fingerprint density at radius 2 is 1.58 bits per heavy atom. The van der Waals surface area contributed by atoms with Crippen molar-refractivity contribution in [2.45, 2.75) is 157 Å². The second-order valence-electron chi connectivity index (χ2n) is 19.0. The highest BCUT2D eigenvalue weighted by Gasteiger charge is 2.59. The van der Waals surface area contributed by atoms with E-state index in [1.54, 1.807) is 23.9 Å². The number of carbonyl (C=O) groups excluding carboxylic acids is 2. The Hall–Kier alpha value is -3.21. The van der Waals surface area contributed by atoms with Gasteiger partial charge in [0.05, 0.1) is 17.9 Å². The zero-order chi connectivity index (χ0) is 39.0. The second-order valence-corrected chi connectivity index (χ2v) is 19.0. The van der Waals surface area contributed by atoms with Crippen LogP contribution in [0.1, 0.15) is 165 Å². The number of esters is 2. The van der Waals surface area contributed by atoms with Gasteiger partial charge in [-0.3, -0.25) is 9.79 Å². The van der Waals surface area contributed by atoms with Gasteiger partial charge in [0.2, 0.25) is 0 Å². The molecule has 0 spiro atoms. The van der Waals surface area contributed by atoms with Crippen LogP contribution in [0.5, 0.6) is 0 Å². The van der Waals surface area contributed by atoms with Crippen molar-refractivity contribution in [3.8, 4) is 0 Å². The minimum atomic E-state index is -0.293. The van der Waals surface area contributed by atoms with Crippen molar-refractivity contribution in [3.63, 3.8) is 0 Å². The molecule has 5 nitrogen and oxygen atoms in total. The van der Waals surface area contributed by atoms with Gasteiger partial charge in [0.25, 0.3) is 0 Å². The van der Waals surface area contributed by atoms with E-state index >= 15 is 0 Å². The molecule has 0 aromatic heterocycles. The summed E-state index contributed by atoms with van der Waals surface area (Å²) in [4.78, 5) is 29.9. The molecule has 0 aliphatic heterocycles. The van der Waals surface area contributed by atoms with E-state index in [0.717, 1.165) is 98.1 Å². The van der Waals surface area contributed by atoms with Crippen LogP contribution in [0.3, 0.4) is 0 Å². The molecule has 5 heteroatoms. The number of benzene rings is 2. The number of unbranched alkanes of at least 4 members (excludes halogenated alkanes) is 4. The number of hydrogen-bond donors (Lipinski definition) is 0. The first-order chi connectivity index (χ1) is 26.5. The maximum Gasteiger partial charge on any atom is 0.338 e. The predicted molar refractivity (Wildman–Crippen MR) is 226 cm³/mol. The maximum atomic E-state index is 12.9. The molecule has 2 aromatic rings. The Balaban J connectivity index is 0.852. The molecule has 0 radical (unpaired) electrons. The first-order valence-corrected chi connectivity index (χ1v) is 22.2. The molecular formula is C50H71NO4.